The zero-order valence-electron chi connectivity index (χ0n) is 10.5. The summed E-state index contributed by atoms with van der Waals surface area (Å²) in [4.78, 5) is 10.6. The van der Waals surface area contributed by atoms with Crippen molar-refractivity contribution < 1.29 is 22.9 Å². The van der Waals surface area contributed by atoms with Crippen LogP contribution in [0.5, 0.6) is 0 Å². The fraction of sp³-hybridized carbons (Fsp3) is 0.0714. The van der Waals surface area contributed by atoms with Gasteiger partial charge in [-0.15, -0.1) is 0 Å². The van der Waals surface area contributed by atoms with Gasteiger partial charge in [0.15, 0.2) is 0 Å². The van der Waals surface area contributed by atoms with Crippen LogP contribution in [0, 0.1) is 11.6 Å². The van der Waals surface area contributed by atoms with Crippen molar-refractivity contribution in [3.63, 3.8) is 0 Å². The van der Waals surface area contributed by atoms with E-state index in [0.717, 1.165) is 24.3 Å². The number of hydrogen-bond acceptors (Lipinski definition) is 2. The predicted octanol–water partition coefficient (Wildman–Crippen LogP) is 3.62. The summed E-state index contributed by atoms with van der Waals surface area (Å²) in [5.74, 6) is -2.82. The van der Waals surface area contributed by atoms with Crippen molar-refractivity contribution in [2.45, 2.75) is 10.6 Å². The summed E-state index contributed by atoms with van der Waals surface area (Å²) in [5.41, 5.74) is 0.206. The molecule has 0 aliphatic carbocycles. The molecule has 7 heteroatoms. The summed E-state index contributed by atoms with van der Waals surface area (Å²) in [7, 11) is -1.84. The molecular weight excluding hydrogens is 322 g/mol. The first-order chi connectivity index (χ1) is 9.88. The van der Waals surface area contributed by atoms with E-state index in [4.69, 9.17) is 16.7 Å². The maximum absolute atomic E-state index is 13.6. The number of hydrogen-bond donors (Lipinski definition) is 1. The standard InChI is InChI=1S/C14H9ClF2O3S/c15-10-3-1-8(5-12(10)17)7-21(20)13-6-9(14(18)19)2-4-11(13)16/h1-6H,7H2,(H,18,19). The molecule has 0 spiro atoms. The first kappa shape index (κ1) is 15.6. The Bertz CT molecular complexity index is 734. The highest BCUT2D eigenvalue weighted by Gasteiger charge is 2.15. The second kappa shape index (κ2) is 6.32. The van der Waals surface area contributed by atoms with Crippen molar-refractivity contribution in [2.24, 2.45) is 0 Å². The van der Waals surface area contributed by atoms with E-state index in [1.165, 1.54) is 12.1 Å². The summed E-state index contributed by atoms with van der Waals surface area (Å²) in [5, 5.41) is 8.79. The molecule has 110 valence electrons. The van der Waals surface area contributed by atoms with E-state index in [0.29, 0.717) is 5.56 Å². The monoisotopic (exact) mass is 330 g/mol. The summed E-state index contributed by atoms with van der Waals surface area (Å²) < 4.78 is 39.1. The van der Waals surface area contributed by atoms with Gasteiger partial charge >= 0.3 is 5.97 Å². The van der Waals surface area contributed by atoms with Crippen LogP contribution in [-0.4, -0.2) is 15.3 Å². The molecule has 0 saturated heterocycles. The minimum Gasteiger partial charge on any atom is -0.478 e. The van der Waals surface area contributed by atoms with E-state index >= 15 is 0 Å². The second-order valence-corrected chi connectivity index (χ2v) is 6.02. The zero-order chi connectivity index (χ0) is 15.6. The van der Waals surface area contributed by atoms with Gasteiger partial charge in [-0.1, -0.05) is 17.7 Å². The van der Waals surface area contributed by atoms with Crippen LogP contribution >= 0.6 is 11.6 Å². The van der Waals surface area contributed by atoms with E-state index in [-0.39, 0.29) is 21.2 Å². The fourth-order valence-corrected chi connectivity index (χ4v) is 2.97. The van der Waals surface area contributed by atoms with Gasteiger partial charge in [0.25, 0.3) is 0 Å². The Kier molecular flexibility index (Phi) is 4.69. The molecule has 0 bridgehead atoms. The lowest BCUT2D eigenvalue weighted by Gasteiger charge is -2.06. The first-order valence-electron chi connectivity index (χ1n) is 5.73. The van der Waals surface area contributed by atoms with Gasteiger partial charge in [-0.05, 0) is 35.9 Å². The molecule has 1 N–H and O–H groups in total. The first-order valence-corrected chi connectivity index (χ1v) is 7.43. The van der Waals surface area contributed by atoms with Crippen molar-refractivity contribution >= 4 is 28.4 Å². The highest BCUT2D eigenvalue weighted by Crippen LogP contribution is 2.21. The largest absolute Gasteiger partial charge is 0.478 e. The summed E-state index contributed by atoms with van der Waals surface area (Å²) >= 11 is 5.54. The average molecular weight is 331 g/mol. The van der Waals surface area contributed by atoms with Crippen LogP contribution < -0.4 is 0 Å². The van der Waals surface area contributed by atoms with Crippen LogP contribution in [0.4, 0.5) is 8.78 Å². The lowest BCUT2D eigenvalue weighted by molar-refractivity contribution is 0.0696. The van der Waals surface area contributed by atoms with E-state index in [9.17, 15) is 17.8 Å². The Hall–Kier alpha value is -1.79. The predicted molar refractivity (Wildman–Crippen MR) is 74.9 cm³/mol. The minimum absolute atomic E-state index is 0.0661. The molecule has 3 nitrogen and oxygen atoms in total. The molecule has 0 saturated carbocycles. The molecule has 0 radical (unpaired) electrons. The highest BCUT2D eigenvalue weighted by molar-refractivity contribution is 7.84. The minimum atomic E-state index is -1.84. The highest BCUT2D eigenvalue weighted by atomic mass is 35.5. The van der Waals surface area contributed by atoms with Crippen LogP contribution in [0.15, 0.2) is 41.3 Å². The van der Waals surface area contributed by atoms with Crippen molar-refractivity contribution in [2.75, 3.05) is 0 Å². The van der Waals surface area contributed by atoms with Crippen LogP contribution in [0.2, 0.25) is 5.02 Å². The summed E-state index contributed by atoms with van der Waals surface area (Å²) in [6.45, 7) is 0. The molecule has 0 aliphatic heterocycles. The third-order valence-electron chi connectivity index (χ3n) is 2.71. The van der Waals surface area contributed by atoms with Crippen LogP contribution in [-0.2, 0) is 16.6 Å². The molecule has 0 heterocycles. The van der Waals surface area contributed by atoms with E-state index in [2.05, 4.69) is 0 Å². The molecule has 1 unspecified atom stereocenters. The quantitative estimate of drug-likeness (QED) is 0.931. The smallest absolute Gasteiger partial charge is 0.335 e. The van der Waals surface area contributed by atoms with Gasteiger partial charge < -0.3 is 5.11 Å². The maximum Gasteiger partial charge on any atom is 0.335 e. The van der Waals surface area contributed by atoms with Crippen LogP contribution in [0.25, 0.3) is 0 Å². The number of carboxylic acids is 1. The number of halogens is 3. The van der Waals surface area contributed by atoms with Gasteiger partial charge in [0.2, 0.25) is 0 Å². The van der Waals surface area contributed by atoms with Crippen molar-refractivity contribution in [3.8, 4) is 0 Å². The summed E-state index contributed by atoms with van der Waals surface area (Å²) in [6, 6.07) is 6.94. The van der Waals surface area contributed by atoms with Crippen molar-refractivity contribution in [1.82, 2.24) is 0 Å². The molecule has 2 aromatic carbocycles. The van der Waals surface area contributed by atoms with E-state index < -0.39 is 28.4 Å². The molecule has 21 heavy (non-hydrogen) atoms. The Morgan fingerprint density at radius 3 is 2.48 bits per heavy atom. The van der Waals surface area contributed by atoms with Gasteiger partial charge in [0.05, 0.1) is 32.0 Å². The average Bonchev–Trinajstić information content (AvgIpc) is 2.43. The third-order valence-corrected chi connectivity index (χ3v) is 4.41. The van der Waals surface area contributed by atoms with E-state index in [1.807, 2.05) is 0 Å². The number of rotatable bonds is 4. The molecular formula is C14H9ClF2O3S. The number of carbonyl (C=O) groups is 1. The van der Waals surface area contributed by atoms with Gasteiger partial charge in [0.1, 0.15) is 11.6 Å². The lowest BCUT2D eigenvalue weighted by Crippen LogP contribution is -2.03. The lowest BCUT2D eigenvalue weighted by atomic mass is 10.2. The molecule has 0 aliphatic rings. The molecule has 2 rings (SSSR count). The Morgan fingerprint density at radius 2 is 1.86 bits per heavy atom. The second-order valence-electron chi connectivity index (χ2n) is 4.19. The molecule has 1 atom stereocenters. The Labute approximate surface area is 126 Å². The van der Waals surface area contributed by atoms with E-state index in [1.54, 1.807) is 0 Å². The SMILES string of the molecule is O=C(O)c1ccc(F)c(S(=O)Cc2ccc(Cl)c(F)c2)c1. The zero-order valence-corrected chi connectivity index (χ0v) is 12.0. The topological polar surface area (TPSA) is 54.4 Å². The van der Waals surface area contributed by atoms with Crippen molar-refractivity contribution in [1.29, 1.82) is 0 Å². The van der Waals surface area contributed by atoms with Gasteiger partial charge in [-0.2, -0.15) is 0 Å². The Balaban J connectivity index is 2.29. The van der Waals surface area contributed by atoms with Gasteiger partial charge in [-0.25, -0.2) is 13.6 Å². The number of aromatic carboxylic acids is 1. The van der Waals surface area contributed by atoms with Crippen molar-refractivity contribution in [3.05, 3.63) is 64.2 Å². The van der Waals surface area contributed by atoms with Crippen LogP contribution in [0.3, 0.4) is 0 Å². The summed E-state index contributed by atoms with van der Waals surface area (Å²) in [6.07, 6.45) is 0. The van der Waals surface area contributed by atoms with Gasteiger partial charge in [0, 0.05) is 0 Å². The number of benzene rings is 2. The number of carboxylic acid groups (broad SMARTS) is 1. The Morgan fingerprint density at radius 1 is 1.14 bits per heavy atom. The molecule has 0 fully saturated rings. The van der Waals surface area contributed by atoms with Gasteiger partial charge in [-0.3, -0.25) is 4.21 Å². The van der Waals surface area contributed by atoms with Crippen LogP contribution in [0.1, 0.15) is 15.9 Å². The molecule has 2 aromatic rings. The normalized spacial score (nSPS) is 12.1. The molecule has 0 amide bonds. The fourth-order valence-electron chi connectivity index (χ4n) is 1.67. The third kappa shape index (κ3) is 3.65. The molecule has 0 aromatic heterocycles. The maximum atomic E-state index is 13.6.